The molecule has 2 saturated heterocycles. The molecule has 3 rings (SSSR count). The number of benzene rings is 1. The van der Waals surface area contributed by atoms with Crippen LogP contribution in [0.4, 0.5) is 0 Å². The Hall–Kier alpha value is -0.900. The van der Waals surface area contributed by atoms with Gasteiger partial charge in [0, 0.05) is 37.3 Å². The van der Waals surface area contributed by atoms with Crippen molar-refractivity contribution < 1.29 is 4.74 Å². The molecule has 2 aliphatic rings. The summed E-state index contributed by atoms with van der Waals surface area (Å²) in [5.41, 5.74) is 1.57. The van der Waals surface area contributed by atoms with E-state index in [4.69, 9.17) is 4.74 Å². The van der Waals surface area contributed by atoms with Gasteiger partial charge in [0.2, 0.25) is 0 Å². The number of nitrogens with zero attached hydrogens (tertiary/aromatic N) is 1. The van der Waals surface area contributed by atoms with Crippen LogP contribution in [0.5, 0.6) is 0 Å². The van der Waals surface area contributed by atoms with Crippen LogP contribution in [-0.4, -0.2) is 42.3 Å². The fourth-order valence-electron chi connectivity index (χ4n) is 3.90. The molecule has 0 bridgehead atoms. The highest BCUT2D eigenvalue weighted by Gasteiger charge is 2.46. The van der Waals surface area contributed by atoms with Crippen molar-refractivity contribution in [2.75, 3.05) is 19.7 Å². The third-order valence-corrected chi connectivity index (χ3v) is 5.60. The van der Waals surface area contributed by atoms with Crippen LogP contribution in [-0.2, 0) is 4.74 Å². The van der Waals surface area contributed by atoms with Crippen molar-refractivity contribution in [3.05, 3.63) is 35.9 Å². The number of piperazine rings is 1. The van der Waals surface area contributed by atoms with Gasteiger partial charge in [0.05, 0.1) is 6.10 Å². The second-order valence-electron chi connectivity index (χ2n) is 6.71. The van der Waals surface area contributed by atoms with Crippen molar-refractivity contribution >= 4 is 0 Å². The van der Waals surface area contributed by atoms with Gasteiger partial charge in [0.1, 0.15) is 0 Å². The first-order valence-corrected chi connectivity index (χ1v) is 8.32. The molecule has 21 heavy (non-hydrogen) atoms. The van der Waals surface area contributed by atoms with Gasteiger partial charge in [-0.3, -0.25) is 4.90 Å². The highest BCUT2D eigenvalue weighted by atomic mass is 16.5. The van der Waals surface area contributed by atoms with Crippen molar-refractivity contribution in [3.63, 3.8) is 0 Å². The van der Waals surface area contributed by atoms with E-state index >= 15 is 0 Å². The van der Waals surface area contributed by atoms with Gasteiger partial charge in [-0.2, -0.15) is 0 Å². The van der Waals surface area contributed by atoms with Gasteiger partial charge < -0.3 is 10.1 Å². The molecule has 4 unspecified atom stereocenters. The average molecular weight is 288 g/mol. The van der Waals surface area contributed by atoms with Gasteiger partial charge in [-0.05, 0) is 32.3 Å². The summed E-state index contributed by atoms with van der Waals surface area (Å²) in [5.74, 6) is 0. The smallest absolute Gasteiger partial charge is 0.0728 e. The Bertz CT molecular complexity index is 464. The van der Waals surface area contributed by atoms with Crippen molar-refractivity contribution in [3.8, 4) is 0 Å². The molecule has 1 aromatic rings. The SMILES string of the molecule is CCC1CNC(c2ccccc2)CN1C1(C)CCOC1C. The molecule has 2 heterocycles. The molecular formula is C18H28N2O. The molecule has 0 aromatic heterocycles. The van der Waals surface area contributed by atoms with Crippen LogP contribution in [0.15, 0.2) is 30.3 Å². The average Bonchev–Trinajstić information content (AvgIpc) is 2.88. The van der Waals surface area contributed by atoms with Crippen LogP contribution in [0.3, 0.4) is 0 Å². The largest absolute Gasteiger partial charge is 0.377 e. The summed E-state index contributed by atoms with van der Waals surface area (Å²) in [5, 5.41) is 3.74. The first-order valence-electron chi connectivity index (χ1n) is 8.32. The summed E-state index contributed by atoms with van der Waals surface area (Å²) >= 11 is 0. The highest BCUT2D eigenvalue weighted by Crippen LogP contribution is 2.36. The summed E-state index contributed by atoms with van der Waals surface area (Å²) in [6, 6.07) is 11.9. The molecule has 1 N–H and O–H groups in total. The van der Waals surface area contributed by atoms with Gasteiger partial charge in [-0.15, -0.1) is 0 Å². The molecule has 0 aliphatic carbocycles. The molecule has 3 heteroatoms. The zero-order chi connectivity index (χ0) is 14.9. The summed E-state index contributed by atoms with van der Waals surface area (Å²) < 4.78 is 5.89. The topological polar surface area (TPSA) is 24.5 Å². The van der Waals surface area contributed by atoms with E-state index in [9.17, 15) is 0 Å². The van der Waals surface area contributed by atoms with Crippen LogP contribution in [0.25, 0.3) is 0 Å². The van der Waals surface area contributed by atoms with Crippen LogP contribution < -0.4 is 5.32 Å². The Labute approximate surface area is 128 Å². The maximum Gasteiger partial charge on any atom is 0.0728 e. The molecule has 0 amide bonds. The number of rotatable bonds is 3. The van der Waals surface area contributed by atoms with E-state index in [-0.39, 0.29) is 5.54 Å². The first-order chi connectivity index (χ1) is 10.1. The Morgan fingerprint density at radius 2 is 2.10 bits per heavy atom. The van der Waals surface area contributed by atoms with E-state index in [1.165, 1.54) is 12.0 Å². The quantitative estimate of drug-likeness (QED) is 0.925. The molecule has 1 aromatic carbocycles. The Morgan fingerprint density at radius 3 is 2.71 bits per heavy atom. The lowest BCUT2D eigenvalue weighted by Crippen LogP contribution is -2.63. The minimum absolute atomic E-state index is 0.176. The Morgan fingerprint density at radius 1 is 1.33 bits per heavy atom. The third-order valence-electron chi connectivity index (χ3n) is 5.60. The Balaban J connectivity index is 1.82. The standard InChI is InChI=1S/C18H28N2O/c1-4-16-12-19-17(15-8-6-5-7-9-15)13-20(16)18(3)10-11-21-14(18)2/h5-9,14,16-17,19H,4,10-13H2,1-3H3. The predicted octanol–water partition coefficient (Wildman–Crippen LogP) is 2.98. The Kier molecular flexibility index (Phi) is 4.34. The molecule has 0 radical (unpaired) electrons. The molecule has 4 atom stereocenters. The fraction of sp³-hybridized carbons (Fsp3) is 0.667. The molecule has 116 valence electrons. The maximum atomic E-state index is 5.89. The molecule has 2 aliphatic heterocycles. The summed E-state index contributed by atoms with van der Waals surface area (Å²) in [6.45, 7) is 9.96. The van der Waals surface area contributed by atoms with Gasteiger partial charge in [-0.25, -0.2) is 0 Å². The van der Waals surface area contributed by atoms with Crippen LogP contribution in [0.1, 0.15) is 45.2 Å². The van der Waals surface area contributed by atoms with Crippen LogP contribution >= 0.6 is 0 Å². The van der Waals surface area contributed by atoms with Gasteiger partial charge >= 0.3 is 0 Å². The zero-order valence-corrected chi connectivity index (χ0v) is 13.5. The first kappa shape index (κ1) is 15.0. The monoisotopic (exact) mass is 288 g/mol. The minimum Gasteiger partial charge on any atom is -0.377 e. The van der Waals surface area contributed by atoms with Crippen molar-refractivity contribution in [2.24, 2.45) is 0 Å². The molecule has 2 fully saturated rings. The van der Waals surface area contributed by atoms with Gasteiger partial charge in [0.25, 0.3) is 0 Å². The van der Waals surface area contributed by atoms with E-state index in [0.29, 0.717) is 18.2 Å². The number of hydrogen-bond acceptors (Lipinski definition) is 3. The summed E-state index contributed by atoms with van der Waals surface area (Å²) in [7, 11) is 0. The van der Waals surface area contributed by atoms with Gasteiger partial charge in [-0.1, -0.05) is 37.3 Å². The summed E-state index contributed by atoms with van der Waals surface area (Å²) in [4.78, 5) is 2.72. The van der Waals surface area contributed by atoms with E-state index in [0.717, 1.165) is 26.1 Å². The second kappa shape index (κ2) is 6.07. The summed E-state index contributed by atoms with van der Waals surface area (Å²) in [6.07, 6.45) is 2.66. The second-order valence-corrected chi connectivity index (χ2v) is 6.71. The third kappa shape index (κ3) is 2.75. The van der Waals surface area contributed by atoms with E-state index in [1.807, 2.05) is 0 Å². The molecule has 0 spiro atoms. The lowest BCUT2D eigenvalue weighted by atomic mass is 9.87. The lowest BCUT2D eigenvalue weighted by Gasteiger charge is -2.50. The number of hydrogen-bond donors (Lipinski definition) is 1. The normalized spacial score (nSPS) is 37.8. The minimum atomic E-state index is 0.176. The van der Waals surface area contributed by atoms with E-state index in [1.54, 1.807) is 0 Å². The molecular weight excluding hydrogens is 260 g/mol. The van der Waals surface area contributed by atoms with E-state index < -0.39 is 0 Å². The maximum absolute atomic E-state index is 5.89. The van der Waals surface area contributed by atoms with Gasteiger partial charge in [0.15, 0.2) is 0 Å². The number of nitrogens with one attached hydrogen (secondary N) is 1. The molecule has 3 nitrogen and oxygen atoms in total. The van der Waals surface area contributed by atoms with E-state index in [2.05, 4.69) is 61.3 Å². The van der Waals surface area contributed by atoms with Crippen LogP contribution in [0, 0.1) is 0 Å². The molecule has 0 saturated carbocycles. The zero-order valence-electron chi connectivity index (χ0n) is 13.5. The lowest BCUT2D eigenvalue weighted by molar-refractivity contribution is -0.0260. The predicted molar refractivity (Wildman–Crippen MR) is 86.4 cm³/mol. The van der Waals surface area contributed by atoms with Crippen molar-refractivity contribution in [1.29, 1.82) is 0 Å². The van der Waals surface area contributed by atoms with Crippen LogP contribution in [0.2, 0.25) is 0 Å². The highest BCUT2D eigenvalue weighted by molar-refractivity contribution is 5.20. The van der Waals surface area contributed by atoms with Crippen molar-refractivity contribution in [2.45, 2.75) is 57.3 Å². The fourth-order valence-corrected chi connectivity index (χ4v) is 3.90. The number of ether oxygens (including phenoxy) is 1. The van der Waals surface area contributed by atoms with Crippen molar-refractivity contribution in [1.82, 2.24) is 10.2 Å².